The van der Waals surface area contributed by atoms with Crippen LogP contribution in [0.1, 0.15) is 24.5 Å². The fourth-order valence-electron chi connectivity index (χ4n) is 1.50. The van der Waals surface area contributed by atoms with Gasteiger partial charge in [-0.25, -0.2) is 0 Å². The molecular formula is C11H10N2O. The number of nitrogens with zero attached hydrogens (tertiary/aromatic N) is 2. The van der Waals surface area contributed by atoms with Gasteiger partial charge in [-0.2, -0.15) is 0 Å². The number of hydrogen-bond donors (Lipinski definition) is 0. The van der Waals surface area contributed by atoms with E-state index in [-0.39, 0.29) is 0 Å². The van der Waals surface area contributed by atoms with Gasteiger partial charge < -0.3 is 4.52 Å². The van der Waals surface area contributed by atoms with Crippen molar-refractivity contribution in [3.63, 3.8) is 0 Å². The average Bonchev–Trinajstić information content (AvgIpc) is 2.98. The molecule has 2 aromatic rings. The summed E-state index contributed by atoms with van der Waals surface area (Å²) in [5, 5.41) is 4.03. The third-order valence-corrected chi connectivity index (χ3v) is 2.47. The van der Waals surface area contributed by atoms with Crippen LogP contribution in [-0.2, 0) is 0 Å². The van der Waals surface area contributed by atoms with Gasteiger partial charge in [0.05, 0.1) is 0 Å². The van der Waals surface area contributed by atoms with Gasteiger partial charge in [-0.3, -0.25) is 4.98 Å². The second-order valence-corrected chi connectivity index (χ2v) is 3.63. The summed E-state index contributed by atoms with van der Waals surface area (Å²) >= 11 is 0. The van der Waals surface area contributed by atoms with E-state index in [4.69, 9.17) is 4.52 Å². The normalized spacial score (nSPS) is 15.7. The molecule has 0 bridgehead atoms. The molecule has 14 heavy (non-hydrogen) atoms. The molecule has 1 aliphatic carbocycles. The Hall–Kier alpha value is -1.64. The van der Waals surface area contributed by atoms with Crippen LogP contribution in [0.2, 0.25) is 0 Å². The van der Waals surface area contributed by atoms with Gasteiger partial charge in [0.2, 0.25) is 0 Å². The van der Waals surface area contributed by atoms with E-state index in [1.54, 1.807) is 12.4 Å². The summed E-state index contributed by atoms with van der Waals surface area (Å²) in [7, 11) is 0. The van der Waals surface area contributed by atoms with Crippen LogP contribution >= 0.6 is 0 Å². The molecule has 0 radical (unpaired) electrons. The van der Waals surface area contributed by atoms with E-state index in [2.05, 4.69) is 10.1 Å². The molecule has 2 heterocycles. The molecule has 1 fully saturated rings. The highest BCUT2D eigenvalue weighted by atomic mass is 16.5. The Bertz CT molecular complexity index is 432. The molecule has 3 nitrogen and oxygen atoms in total. The van der Waals surface area contributed by atoms with Crippen molar-refractivity contribution in [3.05, 3.63) is 36.4 Å². The summed E-state index contributed by atoms with van der Waals surface area (Å²) in [6, 6.07) is 5.91. The lowest BCUT2D eigenvalue weighted by Crippen LogP contribution is -1.77. The topological polar surface area (TPSA) is 38.9 Å². The van der Waals surface area contributed by atoms with Gasteiger partial charge in [0.25, 0.3) is 0 Å². The molecule has 1 saturated carbocycles. The SMILES string of the molecule is c1cncc(-c2cc(C3CC3)on2)c1. The maximum atomic E-state index is 5.27. The molecule has 0 aliphatic heterocycles. The molecule has 0 spiro atoms. The fourth-order valence-corrected chi connectivity index (χ4v) is 1.50. The fraction of sp³-hybridized carbons (Fsp3) is 0.273. The van der Waals surface area contributed by atoms with E-state index in [9.17, 15) is 0 Å². The van der Waals surface area contributed by atoms with Crippen LogP contribution in [0, 0.1) is 0 Å². The molecule has 0 aromatic carbocycles. The molecule has 1 aliphatic rings. The van der Waals surface area contributed by atoms with Crippen molar-refractivity contribution >= 4 is 0 Å². The molecule has 0 unspecified atom stereocenters. The first-order valence-electron chi connectivity index (χ1n) is 4.80. The van der Waals surface area contributed by atoms with E-state index in [0.717, 1.165) is 17.0 Å². The monoisotopic (exact) mass is 186 g/mol. The summed E-state index contributed by atoms with van der Waals surface area (Å²) in [6.45, 7) is 0. The zero-order chi connectivity index (χ0) is 9.38. The summed E-state index contributed by atoms with van der Waals surface area (Å²) in [4.78, 5) is 4.05. The predicted molar refractivity (Wildman–Crippen MR) is 51.7 cm³/mol. The van der Waals surface area contributed by atoms with Crippen molar-refractivity contribution in [3.8, 4) is 11.3 Å². The third-order valence-electron chi connectivity index (χ3n) is 2.47. The Balaban J connectivity index is 1.96. The Kier molecular flexibility index (Phi) is 1.63. The van der Waals surface area contributed by atoms with Crippen LogP contribution in [0.3, 0.4) is 0 Å². The molecule has 0 amide bonds. The van der Waals surface area contributed by atoms with Crippen molar-refractivity contribution in [1.82, 2.24) is 10.1 Å². The van der Waals surface area contributed by atoms with Crippen molar-refractivity contribution in [1.29, 1.82) is 0 Å². The predicted octanol–water partition coefficient (Wildman–Crippen LogP) is 2.61. The molecular weight excluding hydrogens is 176 g/mol. The molecule has 3 rings (SSSR count). The van der Waals surface area contributed by atoms with E-state index in [0.29, 0.717) is 5.92 Å². The Morgan fingerprint density at radius 2 is 2.29 bits per heavy atom. The molecule has 0 saturated heterocycles. The number of pyridine rings is 1. The first kappa shape index (κ1) is 7.74. The van der Waals surface area contributed by atoms with Crippen LogP contribution in [0.25, 0.3) is 11.3 Å². The molecule has 70 valence electrons. The first-order valence-corrected chi connectivity index (χ1v) is 4.80. The minimum absolute atomic E-state index is 0.618. The summed E-state index contributed by atoms with van der Waals surface area (Å²) in [5.41, 5.74) is 1.91. The molecule has 0 atom stereocenters. The van der Waals surface area contributed by atoms with E-state index < -0.39 is 0 Å². The zero-order valence-corrected chi connectivity index (χ0v) is 7.68. The number of hydrogen-bond acceptors (Lipinski definition) is 3. The maximum Gasteiger partial charge on any atom is 0.140 e. The van der Waals surface area contributed by atoms with Crippen molar-refractivity contribution < 1.29 is 4.52 Å². The summed E-state index contributed by atoms with van der Waals surface area (Å²) < 4.78 is 5.27. The van der Waals surface area contributed by atoms with Gasteiger partial charge in [0.15, 0.2) is 0 Å². The first-order chi connectivity index (χ1) is 6.93. The number of rotatable bonds is 2. The van der Waals surface area contributed by atoms with E-state index >= 15 is 0 Å². The van der Waals surface area contributed by atoms with Crippen LogP contribution < -0.4 is 0 Å². The van der Waals surface area contributed by atoms with Crippen LogP contribution in [0.5, 0.6) is 0 Å². The van der Waals surface area contributed by atoms with E-state index in [1.807, 2.05) is 18.2 Å². The largest absolute Gasteiger partial charge is 0.360 e. The highest BCUT2D eigenvalue weighted by Gasteiger charge is 2.27. The maximum absolute atomic E-state index is 5.27. The van der Waals surface area contributed by atoms with Gasteiger partial charge >= 0.3 is 0 Å². The Morgan fingerprint density at radius 3 is 3.00 bits per heavy atom. The second kappa shape index (κ2) is 2.94. The van der Waals surface area contributed by atoms with Crippen molar-refractivity contribution in [2.24, 2.45) is 0 Å². The lowest BCUT2D eigenvalue weighted by atomic mass is 10.2. The van der Waals surface area contributed by atoms with E-state index in [1.165, 1.54) is 12.8 Å². The lowest BCUT2D eigenvalue weighted by molar-refractivity contribution is 0.386. The van der Waals surface area contributed by atoms with Crippen LogP contribution in [0.15, 0.2) is 35.1 Å². The van der Waals surface area contributed by atoms with Crippen molar-refractivity contribution in [2.75, 3.05) is 0 Å². The van der Waals surface area contributed by atoms with Gasteiger partial charge in [-0.1, -0.05) is 5.16 Å². The lowest BCUT2D eigenvalue weighted by Gasteiger charge is -1.90. The minimum Gasteiger partial charge on any atom is -0.360 e. The smallest absolute Gasteiger partial charge is 0.140 e. The molecule has 3 heteroatoms. The zero-order valence-electron chi connectivity index (χ0n) is 7.68. The van der Waals surface area contributed by atoms with Gasteiger partial charge in [-0.05, 0) is 25.0 Å². The van der Waals surface area contributed by atoms with Crippen LogP contribution in [-0.4, -0.2) is 10.1 Å². The van der Waals surface area contributed by atoms with Gasteiger partial charge in [0, 0.05) is 29.9 Å². The highest BCUT2D eigenvalue weighted by molar-refractivity contribution is 5.57. The molecule has 2 aromatic heterocycles. The van der Waals surface area contributed by atoms with Gasteiger partial charge in [0.1, 0.15) is 11.5 Å². The standard InChI is InChI=1S/C11H10N2O/c1-2-9(7-12-5-1)10-6-11(14-13-10)8-3-4-8/h1-2,5-8H,3-4H2. The minimum atomic E-state index is 0.618. The number of aromatic nitrogens is 2. The summed E-state index contributed by atoms with van der Waals surface area (Å²) in [5.74, 6) is 1.64. The van der Waals surface area contributed by atoms with Crippen molar-refractivity contribution in [2.45, 2.75) is 18.8 Å². The van der Waals surface area contributed by atoms with Gasteiger partial charge in [-0.15, -0.1) is 0 Å². The average molecular weight is 186 g/mol. The van der Waals surface area contributed by atoms with Crippen LogP contribution in [0.4, 0.5) is 0 Å². The molecule has 0 N–H and O–H groups in total. The summed E-state index contributed by atoms with van der Waals surface area (Å²) in [6.07, 6.45) is 6.03. The Morgan fingerprint density at radius 1 is 1.36 bits per heavy atom. The quantitative estimate of drug-likeness (QED) is 0.723. The highest BCUT2D eigenvalue weighted by Crippen LogP contribution is 2.41. The Labute approximate surface area is 81.8 Å². The second-order valence-electron chi connectivity index (χ2n) is 3.63. The third kappa shape index (κ3) is 1.31.